The zero-order valence-corrected chi connectivity index (χ0v) is 10.4. The Labute approximate surface area is 102 Å². The van der Waals surface area contributed by atoms with Gasteiger partial charge in [0.2, 0.25) is 5.88 Å². The molecule has 0 aliphatic carbocycles. The van der Waals surface area contributed by atoms with Crippen molar-refractivity contribution in [3.05, 3.63) is 32.8 Å². The Morgan fingerprint density at radius 1 is 1.31 bits per heavy atom. The first-order chi connectivity index (χ1) is 7.90. The number of rotatable bonds is 6. The van der Waals surface area contributed by atoms with Gasteiger partial charge in [-0.3, -0.25) is 0 Å². The van der Waals surface area contributed by atoms with Crippen molar-refractivity contribution in [3.8, 4) is 5.88 Å². The van der Waals surface area contributed by atoms with Crippen LogP contribution in [0.25, 0.3) is 0 Å². The van der Waals surface area contributed by atoms with E-state index < -0.39 is 0 Å². The molecule has 2 rings (SSSR count). The van der Waals surface area contributed by atoms with Gasteiger partial charge >= 0.3 is 0 Å². The van der Waals surface area contributed by atoms with Crippen LogP contribution in [0.1, 0.15) is 9.75 Å². The first kappa shape index (κ1) is 11.6. The van der Waals surface area contributed by atoms with E-state index in [-0.39, 0.29) is 6.61 Å². The molecule has 0 radical (unpaired) electrons. The third kappa shape index (κ3) is 3.04. The number of aliphatic hydroxyl groups excluding tert-OH is 1. The number of aliphatic hydroxyl groups is 1. The van der Waals surface area contributed by atoms with Crippen LogP contribution < -0.4 is 4.74 Å². The quantitative estimate of drug-likeness (QED) is 0.861. The SMILES string of the molecule is OCCc1scnc1OCCc1cccs1. The Bertz CT molecular complexity index is 411. The Kier molecular flexibility index (Phi) is 4.33. The smallest absolute Gasteiger partial charge is 0.227 e. The lowest BCUT2D eigenvalue weighted by Gasteiger charge is -2.03. The highest BCUT2D eigenvalue weighted by Gasteiger charge is 2.06. The topological polar surface area (TPSA) is 42.4 Å². The number of hydrogen-bond acceptors (Lipinski definition) is 5. The van der Waals surface area contributed by atoms with E-state index in [1.54, 1.807) is 16.8 Å². The van der Waals surface area contributed by atoms with Crippen LogP contribution in [0.2, 0.25) is 0 Å². The molecule has 16 heavy (non-hydrogen) atoms. The average Bonchev–Trinajstić information content (AvgIpc) is 2.91. The molecule has 1 N–H and O–H groups in total. The summed E-state index contributed by atoms with van der Waals surface area (Å²) >= 11 is 3.27. The van der Waals surface area contributed by atoms with Gasteiger partial charge < -0.3 is 9.84 Å². The van der Waals surface area contributed by atoms with Gasteiger partial charge in [-0.1, -0.05) is 6.07 Å². The summed E-state index contributed by atoms with van der Waals surface area (Å²) in [4.78, 5) is 6.48. The average molecular weight is 255 g/mol. The predicted octanol–water partition coefficient (Wildman–Crippen LogP) is 2.36. The summed E-state index contributed by atoms with van der Waals surface area (Å²) in [5.74, 6) is 0.676. The van der Waals surface area contributed by atoms with Gasteiger partial charge in [-0.05, 0) is 11.4 Å². The molecule has 2 aromatic heterocycles. The molecule has 2 heterocycles. The van der Waals surface area contributed by atoms with Crippen LogP contribution in [0.5, 0.6) is 5.88 Å². The van der Waals surface area contributed by atoms with E-state index in [0.29, 0.717) is 18.9 Å². The van der Waals surface area contributed by atoms with Crippen LogP contribution in [-0.4, -0.2) is 23.3 Å². The molecule has 0 saturated carbocycles. The minimum absolute atomic E-state index is 0.142. The highest BCUT2D eigenvalue weighted by molar-refractivity contribution is 7.10. The normalized spacial score (nSPS) is 10.6. The second-order valence-corrected chi connectivity index (χ2v) is 5.20. The molecule has 0 saturated heterocycles. The third-order valence-corrected chi connectivity index (χ3v) is 3.92. The lowest BCUT2D eigenvalue weighted by Crippen LogP contribution is -2.02. The van der Waals surface area contributed by atoms with E-state index in [1.807, 2.05) is 6.07 Å². The first-order valence-corrected chi connectivity index (χ1v) is 6.84. The van der Waals surface area contributed by atoms with Crippen molar-refractivity contribution in [1.82, 2.24) is 4.98 Å². The summed E-state index contributed by atoms with van der Waals surface area (Å²) in [5, 5.41) is 10.9. The zero-order chi connectivity index (χ0) is 11.2. The number of thiophene rings is 1. The van der Waals surface area contributed by atoms with E-state index in [2.05, 4.69) is 16.4 Å². The van der Waals surface area contributed by atoms with Gasteiger partial charge in [0, 0.05) is 24.3 Å². The molecule has 0 amide bonds. The van der Waals surface area contributed by atoms with Gasteiger partial charge in [-0.2, -0.15) is 0 Å². The number of hydrogen-bond donors (Lipinski definition) is 1. The Morgan fingerprint density at radius 2 is 2.25 bits per heavy atom. The maximum atomic E-state index is 8.86. The monoisotopic (exact) mass is 255 g/mol. The molecule has 0 fully saturated rings. The molecule has 0 unspecified atom stereocenters. The van der Waals surface area contributed by atoms with Gasteiger partial charge in [0.15, 0.2) is 0 Å². The molecule has 2 aromatic rings. The standard InChI is InChI=1S/C11H13NO2S2/c13-5-3-10-11(12-8-16-10)14-6-4-9-2-1-7-15-9/h1-2,7-8,13H,3-6H2. The van der Waals surface area contributed by atoms with Crippen molar-refractivity contribution in [1.29, 1.82) is 0 Å². The molecule has 0 bridgehead atoms. The molecule has 0 aliphatic heterocycles. The van der Waals surface area contributed by atoms with Crippen LogP contribution in [0, 0.1) is 0 Å². The van der Waals surface area contributed by atoms with Gasteiger partial charge in [0.05, 0.1) is 17.0 Å². The molecular weight excluding hydrogens is 242 g/mol. The molecule has 0 atom stereocenters. The summed E-state index contributed by atoms with van der Waals surface area (Å²) in [6.45, 7) is 0.784. The van der Waals surface area contributed by atoms with Crippen LogP contribution in [0.3, 0.4) is 0 Å². The lowest BCUT2D eigenvalue weighted by molar-refractivity contribution is 0.287. The highest BCUT2D eigenvalue weighted by Crippen LogP contribution is 2.21. The maximum Gasteiger partial charge on any atom is 0.227 e. The van der Waals surface area contributed by atoms with Gasteiger partial charge in [-0.25, -0.2) is 4.98 Å². The van der Waals surface area contributed by atoms with E-state index in [4.69, 9.17) is 9.84 Å². The van der Waals surface area contributed by atoms with E-state index >= 15 is 0 Å². The molecule has 5 heteroatoms. The number of nitrogens with zero attached hydrogens (tertiary/aromatic N) is 1. The fourth-order valence-corrected chi connectivity index (χ4v) is 2.74. The van der Waals surface area contributed by atoms with Gasteiger partial charge in [-0.15, -0.1) is 22.7 Å². The molecule has 86 valence electrons. The summed E-state index contributed by atoms with van der Waals surface area (Å²) in [6, 6.07) is 4.14. The van der Waals surface area contributed by atoms with Crippen molar-refractivity contribution >= 4 is 22.7 Å². The van der Waals surface area contributed by atoms with E-state index in [1.165, 1.54) is 16.2 Å². The number of aromatic nitrogens is 1. The van der Waals surface area contributed by atoms with Crippen molar-refractivity contribution in [2.24, 2.45) is 0 Å². The van der Waals surface area contributed by atoms with Crippen molar-refractivity contribution < 1.29 is 9.84 Å². The maximum absolute atomic E-state index is 8.86. The Balaban J connectivity index is 1.82. The summed E-state index contributed by atoms with van der Waals surface area (Å²) in [6.07, 6.45) is 1.53. The number of ether oxygens (including phenoxy) is 1. The minimum atomic E-state index is 0.142. The number of thiazole rings is 1. The Hall–Kier alpha value is -0.910. The summed E-state index contributed by atoms with van der Waals surface area (Å²) in [5.41, 5.74) is 1.76. The second kappa shape index (κ2) is 5.98. The lowest BCUT2D eigenvalue weighted by atomic mass is 10.3. The molecular formula is C11H13NO2S2. The van der Waals surface area contributed by atoms with Gasteiger partial charge in [0.25, 0.3) is 0 Å². The van der Waals surface area contributed by atoms with Crippen LogP contribution in [-0.2, 0) is 12.8 Å². The van der Waals surface area contributed by atoms with Gasteiger partial charge in [0.1, 0.15) is 0 Å². The Morgan fingerprint density at radius 3 is 3.00 bits per heavy atom. The first-order valence-electron chi connectivity index (χ1n) is 5.08. The fraction of sp³-hybridized carbons (Fsp3) is 0.364. The van der Waals surface area contributed by atoms with E-state index in [0.717, 1.165) is 11.3 Å². The van der Waals surface area contributed by atoms with Crippen molar-refractivity contribution in [2.75, 3.05) is 13.2 Å². The highest BCUT2D eigenvalue weighted by atomic mass is 32.1. The largest absolute Gasteiger partial charge is 0.476 e. The molecule has 3 nitrogen and oxygen atoms in total. The van der Waals surface area contributed by atoms with E-state index in [9.17, 15) is 0 Å². The summed E-state index contributed by atoms with van der Waals surface area (Å²) in [7, 11) is 0. The van der Waals surface area contributed by atoms with Crippen LogP contribution in [0.15, 0.2) is 23.0 Å². The van der Waals surface area contributed by atoms with Crippen molar-refractivity contribution in [3.63, 3.8) is 0 Å². The van der Waals surface area contributed by atoms with Crippen LogP contribution >= 0.6 is 22.7 Å². The molecule has 0 spiro atoms. The molecule has 0 aromatic carbocycles. The molecule has 0 aliphatic rings. The fourth-order valence-electron chi connectivity index (χ4n) is 1.35. The van der Waals surface area contributed by atoms with Crippen molar-refractivity contribution in [2.45, 2.75) is 12.8 Å². The third-order valence-electron chi connectivity index (χ3n) is 2.11. The predicted molar refractivity (Wildman–Crippen MR) is 66.4 cm³/mol. The minimum Gasteiger partial charge on any atom is -0.476 e. The second-order valence-electron chi connectivity index (χ2n) is 3.23. The van der Waals surface area contributed by atoms with Crippen LogP contribution in [0.4, 0.5) is 0 Å². The summed E-state index contributed by atoms with van der Waals surface area (Å²) < 4.78 is 5.60. The zero-order valence-electron chi connectivity index (χ0n) is 8.76.